The van der Waals surface area contributed by atoms with Crippen LogP contribution in [0.1, 0.15) is 27.7 Å². The molecular weight excluding hydrogens is 196 g/mol. The Bertz CT molecular complexity index is 201. The van der Waals surface area contributed by atoms with Gasteiger partial charge in [-0.15, -0.1) is 0 Å². The first-order valence-electron chi connectivity index (χ1n) is 5.05. The van der Waals surface area contributed by atoms with Gasteiger partial charge in [0, 0.05) is 0 Å². The molecule has 90 valence electrons. The highest BCUT2D eigenvalue weighted by atomic mass is 16.7. The van der Waals surface area contributed by atoms with Crippen molar-refractivity contribution in [2.75, 3.05) is 20.2 Å². The van der Waals surface area contributed by atoms with Crippen molar-refractivity contribution >= 4 is 6.09 Å². The first-order valence-corrected chi connectivity index (χ1v) is 5.05. The van der Waals surface area contributed by atoms with Crippen LogP contribution in [0.25, 0.3) is 0 Å². The van der Waals surface area contributed by atoms with E-state index in [0.717, 1.165) is 0 Å². The molecule has 0 aromatic rings. The molecule has 1 amide bonds. The van der Waals surface area contributed by atoms with Crippen LogP contribution in [0.15, 0.2) is 0 Å². The van der Waals surface area contributed by atoms with Crippen LogP contribution in [0.2, 0.25) is 0 Å². The first-order chi connectivity index (χ1) is 6.80. The number of carbonyl (C=O) groups is 1. The fourth-order valence-electron chi connectivity index (χ4n) is 0.894. The quantitative estimate of drug-likeness (QED) is 0.724. The van der Waals surface area contributed by atoms with E-state index in [9.17, 15) is 4.79 Å². The summed E-state index contributed by atoms with van der Waals surface area (Å²) in [5.74, 6) is 0.178. The molecule has 1 atom stereocenters. The number of nitrogens with two attached hydrogens (primary N) is 1. The molecule has 0 radical (unpaired) electrons. The molecule has 15 heavy (non-hydrogen) atoms. The highest BCUT2D eigenvalue weighted by Crippen LogP contribution is 2.11. The third kappa shape index (κ3) is 6.30. The Hall–Kier alpha value is -0.810. The van der Waals surface area contributed by atoms with Crippen molar-refractivity contribution < 1.29 is 14.4 Å². The highest BCUT2D eigenvalue weighted by Gasteiger charge is 2.23. The second kappa shape index (κ2) is 5.92. The summed E-state index contributed by atoms with van der Waals surface area (Å²) in [6.07, 6.45) is -0.481. The topological polar surface area (TPSA) is 64.8 Å². The van der Waals surface area contributed by atoms with E-state index in [-0.39, 0.29) is 5.92 Å². The molecule has 0 spiro atoms. The van der Waals surface area contributed by atoms with Gasteiger partial charge in [-0.05, 0) is 33.2 Å². The van der Waals surface area contributed by atoms with Crippen LogP contribution >= 0.6 is 0 Å². The largest absolute Gasteiger partial charge is 0.442 e. The van der Waals surface area contributed by atoms with E-state index in [1.54, 1.807) is 0 Å². The Labute approximate surface area is 91.5 Å². The number of amides is 1. The Morgan fingerprint density at radius 2 is 2.00 bits per heavy atom. The molecule has 2 N–H and O–H groups in total. The lowest BCUT2D eigenvalue weighted by atomic mass is 10.2. The van der Waals surface area contributed by atoms with Crippen molar-refractivity contribution in [2.45, 2.75) is 33.3 Å². The molecule has 0 aliphatic heterocycles. The molecule has 5 heteroatoms. The number of carbonyl (C=O) groups excluding carboxylic acids is 1. The van der Waals surface area contributed by atoms with Crippen LogP contribution in [0.3, 0.4) is 0 Å². The minimum Gasteiger partial charge on any atom is -0.442 e. The second-order valence-electron chi connectivity index (χ2n) is 4.56. The smallest absolute Gasteiger partial charge is 0.434 e. The first kappa shape index (κ1) is 14.2. The van der Waals surface area contributed by atoms with E-state index in [2.05, 4.69) is 0 Å². The molecule has 0 aromatic carbocycles. The number of rotatable bonds is 4. The average molecular weight is 218 g/mol. The second-order valence-corrected chi connectivity index (χ2v) is 4.56. The van der Waals surface area contributed by atoms with Crippen molar-refractivity contribution in [2.24, 2.45) is 11.7 Å². The number of ether oxygens (including phenoxy) is 1. The summed E-state index contributed by atoms with van der Waals surface area (Å²) in [6.45, 7) is 8.31. The van der Waals surface area contributed by atoms with Crippen molar-refractivity contribution in [3.63, 3.8) is 0 Å². The Kier molecular flexibility index (Phi) is 5.60. The minimum absolute atomic E-state index is 0.178. The molecule has 0 saturated heterocycles. The predicted molar refractivity (Wildman–Crippen MR) is 58.2 cm³/mol. The van der Waals surface area contributed by atoms with Gasteiger partial charge >= 0.3 is 6.09 Å². The molecule has 0 heterocycles. The summed E-state index contributed by atoms with van der Waals surface area (Å²) in [5.41, 5.74) is 4.95. The maximum Gasteiger partial charge on any atom is 0.434 e. The Balaban J connectivity index is 4.23. The summed E-state index contributed by atoms with van der Waals surface area (Å²) >= 11 is 0. The van der Waals surface area contributed by atoms with Gasteiger partial charge in [-0.3, -0.25) is 4.84 Å². The van der Waals surface area contributed by atoms with E-state index in [1.165, 1.54) is 12.2 Å². The van der Waals surface area contributed by atoms with E-state index in [1.807, 2.05) is 27.7 Å². The number of hydrogen-bond donors (Lipinski definition) is 1. The van der Waals surface area contributed by atoms with Crippen LogP contribution in [0.5, 0.6) is 0 Å². The summed E-state index contributed by atoms with van der Waals surface area (Å²) in [7, 11) is 1.44. The maximum atomic E-state index is 11.6. The molecule has 0 aliphatic rings. The maximum absolute atomic E-state index is 11.6. The highest BCUT2D eigenvalue weighted by molar-refractivity contribution is 5.66. The number of nitrogens with zero attached hydrogens (tertiary/aromatic N) is 1. The van der Waals surface area contributed by atoms with Crippen LogP contribution in [0, 0.1) is 5.92 Å². The van der Waals surface area contributed by atoms with Crippen LogP contribution in [0.4, 0.5) is 4.79 Å². The number of hydroxylamine groups is 2. The molecular formula is C10H22N2O3. The molecule has 1 unspecified atom stereocenters. The van der Waals surface area contributed by atoms with Gasteiger partial charge in [0.05, 0.1) is 13.7 Å². The molecule has 0 fully saturated rings. The van der Waals surface area contributed by atoms with Gasteiger partial charge in [-0.2, -0.15) is 5.06 Å². The Morgan fingerprint density at radius 3 is 2.33 bits per heavy atom. The summed E-state index contributed by atoms with van der Waals surface area (Å²) in [6, 6.07) is 0. The standard InChI is InChI=1S/C10H22N2O3/c1-8(6-11)7-12(14-5)9(13)15-10(2,3)4/h8H,6-7,11H2,1-5H3. The lowest BCUT2D eigenvalue weighted by molar-refractivity contribution is -0.129. The van der Waals surface area contributed by atoms with Gasteiger partial charge in [0.15, 0.2) is 0 Å². The van der Waals surface area contributed by atoms with Crippen LogP contribution in [-0.2, 0) is 9.57 Å². The predicted octanol–water partition coefficient (Wildman–Crippen LogP) is 1.38. The lowest BCUT2D eigenvalue weighted by Gasteiger charge is -2.26. The fourth-order valence-corrected chi connectivity index (χ4v) is 0.894. The monoisotopic (exact) mass is 218 g/mol. The SMILES string of the molecule is CON(CC(C)CN)C(=O)OC(C)(C)C. The molecule has 5 nitrogen and oxygen atoms in total. The van der Waals surface area contributed by atoms with Gasteiger partial charge in [-0.25, -0.2) is 4.79 Å². The van der Waals surface area contributed by atoms with Gasteiger partial charge in [0.2, 0.25) is 0 Å². The minimum atomic E-state index is -0.514. The molecule has 0 aliphatic carbocycles. The lowest BCUT2D eigenvalue weighted by Crippen LogP contribution is -2.39. The van der Waals surface area contributed by atoms with E-state index in [4.69, 9.17) is 15.3 Å². The van der Waals surface area contributed by atoms with Crippen molar-refractivity contribution in [3.05, 3.63) is 0 Å². The van der Waals surface area contributed by atoms with E-state index >= 15 is 0 Å². The van der Waals surface area contributed by atoms with Gasteiger partial charge < -0.3 is 10.5 Å². The van der Waals surface area contributed by atoms with Crippen molar-refractivity contribution in [1.82, 2.24) is 5.06 Å². The summed E-state index contributed by atoms with van der Waals surface area (Å²) in [5, 5.41) is 1.18. The van der Waals surface area contributed by atoms with Crippen LogP contribution in [-0.4, -0.2) is 37.0 Å². The zero-order valence-electron chi connectivity index (χ0n) is 10.2. The average Bonchev–Trinajstić information content (AvgIpc) is 2.10. The van der Waals surface area contributed by atoms with Gasteiger partial charge in [0.25, 0.3) is 0 Å². The fraction of sp³-hybridized carbons (Fsp3) is 0.900. The Morgan fingerprint density at radius 1 is 1.47 bits per heavy atom. The van der Waals surface area contributed by atoms with Crippen molar-refractivity contribution in [3.8, 4) is 0 Å². The normalized spacial score (nSPS) is 13.5. The van der Waals surface area contributed by atoms with Crippen molar-refractivity contribution in [1.29, 1.82) is 0 Å². The zero-order chi connectivity index (χ0) is 12.1. The van der Waals surface area contributed by atoms with Gasteiger partial charge in [0.1, 0.15) is 5.60 Å². The zero-order valence-corrected chi connectivity index (χ0v) is 10.2. The molecule has 0 rings (SSSR count). The third-order valence-corrected chi connectivity index (χ3v) is 1.70. The molecule has 0 bridgehead atoms. The van der Waals surface area contributed by atoms with Crippen LogP contribution < -0.4 is 5.73 Å². The third-order valence-electron chi connectivity index (χ3n) is 1.70. The van der Waals surface area contributed by atoms with E-state index in [0.29, 0.717) is 13.1 Å². The molecule has 0 saturated carbocycles. The number of hydrogen-bond acceptors (Lipinski definition) is 4. The van der Waals surface area contributed by atoms with Gasteiger partial charge in [-0.1, -0.05) is 6.92 Å². The molecule has 0 aromatic heterocycles. The summed E-state index contributed by atoms with van der Waals surface area (Å²) < 4.78 is 5.16. The van der Waals surface area contributed by atoms with E-state index < -0.39 is 11.7 Å². The summed E-state index contributed by atoms with van der Waals surface area (Å²) in [4.78, 5) is 16.5.